The third kappa shape index (κ3) is 1.97. The molecule has 1 rings (SSSR count). The lowest BCUT2D eigenvalue weighted by molar-refractivity contribution is 0.150. The molecule has 0 aliphatic carbocycles. The lowest BCUT2D eigenvalue weighted by Crippen LogP contribution is -1.94. The van der Waals surface area contributed by atoms with Crippen LogP contribution in [0.5, 0.6) is 0 Å². The summed E-state index contributed by atoms with van der Waals surface area (Å²) in [5, 5.41) is 0.225. The minimum atomic E-state index is -2.67. The van der Waals surface area contributed by atoms with Crippen LogP contribution in [0.15, 0.2) is 12.3 Å². The Morgan fingerprint density at radius 2 is 2.17 bits per heavy atom. The number of halogens is 4. The molecule has 0 radical (unpaired) electrons. The highest BCUT2D eigenvalue weighted by molar-refractivity contribution is 9.08. The molecule has 0 aliphatic heterocycles. The first kappa shape index (κ1) is 9.51. The standard InChI is InChI=1S/C7H5BrF3N/c8-2-6-5(9)1-4(3-12-6)7(10)11/h1,3,7H,2H2. The Kier molecular flexibility index (Phi) is 3.08. The summed E-state index contributed by atoms with van der Waals surface area (Å²) < 4.78 is 36.7. The molecule has 0 unspecified atom stereocenters. The van der Waals surface area contributed by atoms with Gasteiger partial charge in [-0.1, -0.05) is 15.9 Å². The maximum absolute atomic E-state index is 12.8. The smallest absolute Gasteiger partial charge is 0.257 e. The van der Waals surface area contributed by atoms with Crippen molar-refractivity contribution in [2.75, 3.05) is 0 Å². The zero-order valence-electron chi connectivity index (χ0n) is 5.90. The predicted molar refractivity (Wildman–Crippen MR) is 41.8 cm³/mol. The molecule has 12 heavy (non-hydrogen) atoms. The quantitative estimate of drug-likeness (QED) is 0.724. The van der Waals surface area contributed by atoms with Gasteiger partial charge in [0, 0.05) is 17.1 Å². The minimum absolute atomic E-state index is 0.138. The van der Waals surface area contributed by atoms with E-state index < -0.39 is 17.8 Å². The van der Waals surface area contributed by atoms with Crippen LogP contribution in [0.3, 0.4) is 0 Å². The highest BCUT2D eigenvalue weighted by Gasteiger charge is 2.10. The summed E-state index contributed by atoms with van der Waals surface area (Å²) in [6.07, 6.45) is -1.69. The van der Waals surface area contributed by atoms with E-state index in [1.54, 1.807) is 0 Å². The molecule has 0 aliphatic rings. The number of hydrogen-bond acceptors (Lipinski definition) is 1. The Balaban J connectivity index is 3.02. The van der Waals surface area contributed by atoms with Gasteiger partial charge in [0.1, 0.15) is 5.82 Å². The number of aromatic nitrogens is 1. The molecule has 0 amide bonds. The second-order valence-electron chi connectivity index (χ2n) is 2.13. The van der Waals surface area contributed by atoms with Crippen molar-refractivity contribution in [3.63, 3.8) is 0 Å². The summed E-state index contributed by atoms with van der Waals surface area (Å²) in [5.41, 5.74) is -0.253. The van der Waals surface area contributed by atoms with Crippen LogP contribution in [-0.4, -0.2) is 4.98 Å². The average Bonchev–Trinajstić information content (AvgIpc) is 2.04. The number of nitrogens with zero attached hydrogens (tertiary/aromatic N) is 1. The zero-order valence-corrected chi connectivity index (χ0v) is 7.48. The molecular formula is C7H5BrF3N. The fourth-order valence-electron chi connectivity index (χ4n) is 0.699. The zero-order chi connectivity index (χ0) is 9.14. The molecule has 1 aromatic rings. The van der Waals surface area contributed by atoms with E-state index in [-0.39, 0.29) is 11.0 Å². The number of alkyl halides is 3. The van der Waals surface area contributed by atoms with Crippen LogP contribution in [0.2, 0.25) is 0 Å². The molecule has 0 N–H and O–H groups in total. The van der Waals surface area contributed by atoms with Gasteiger partial charge in [-0.2, -0.15) is 0 Å². The van der Waals surface area contributed by atoms with Crippen molar-refractivity contribution in [2.24, 2.45) is 0 Å². The topological polar surface area (TPSA) is 12.9 Å². The molecule has 0 saturated heterocycles. The van der Waals surface area contributed by atoms with E-state index in [4.69, 9.17) is 0 Å². The highest BCUT2D eigenvalue weighted by Crippen LogP contribution is 2.19. The minimum Gasteiger partial charge on any atom is -0.257 e. The summed E-state index contributed by atoms with van der Waals surface area (Å²) >= 11 is 2.98. The first-order valence-electron chi connectivity index (χ1n) is 3.13. The first-order valence-corrected chi connectivity index (χ1v) is 4.25. The summed E-state index contributed by atoms with van der Waals surface area (Å²) in [6.45, 7) is 0. The maximum Gasteiger partial charge on any atom is 0.265 e. The lowest BCUT2D eigenvalue weighted by atomic mass is 10.2. The molecule has 1 aromatic heterocycles. The fraction of sp³-hybridized carbons (Fsp3) is 0.286. The molecule has 0 bridgehead atoms. The number of pyridine rings is 1. The van der Waals surface area contributed by atoms with Gasteiger partial charge in [-0.05, 0) is 6.07 Å². The number of hydrogen-bond donors (Lipinski definition) is 0. The van der Waals surface area contributed by atoms with E-state index >= 15 is 0 Å². The van der Waals surface area contributed by atoms with E-state index in [0.29, 0.717) is 0 Å². The van der Waals surface area contributed by atoms with E-state index in [1.165, 1.54) is 0 Å². The Morgan fingerprint density at radius 3 is 2.58 bits per heavy atom. The van der Waals surface area contributed by atoms with Crippen LogP contribution in [0.4, 0.5) is 13.2 Å². The summed E-state index contributed by atoms with van der Waals surface area (Å²) in [4.78, 5) is 3.52. The second-order valence-corrected chi connectivity index (χ2v) is 2.69. The van der Waals surface area contributed by atoms with Crippen LogP contribution in [0, 0.1) is 5.82 Å². The largest absolute Gasteiger partial charge is 0.265 e. The Labute approximate surface area is 75.7 Å². The normalized spacial score (nSPS) is 10.8. The molecule has 0 spiro atoms. The predicted octanol–water partition coefficient (Wildman–Crippen LogP) is 3.05. The van der Waals surface area contributed by atoms with Gasteiger partial charge in [0.25, 0.3) is 6.43 Å². The Morgan fingerprint density at radius 1 is 1.50 bits per heavy atom. The molecule has 0 aromatic carbocycles. The SMILES string of the molecule is Fc1cc(C(F)F)cnc1CBr. The van der Waals surface area contributed by atoms with Crippen LogP contribution < -0.4 is 0 Å². The molecule has 66 valence electrons. The molecular weight excluding hydrogens is 235 g/mol. The van der Waals surface area contributed by atoms with Gasteiger partial charge in [0.2, 0.25) is 0 Å². The van der Waals surface area contributed by atoms with Gasteiger partial charge in [-0.3, -0.25) is 4.98 Å². The van der Waals surface area contributed by atoms with Crippen LogP contribution in [-0.2, 0) is 5.33 Å². The van der Waals surface area contributed by atoms with Gasteiger partial charge in [0.15, 0.2) is 0 Å². The third-order valence-corrected chi connectivity index (χ3v) is 1.85. The van der Waals surface area contributed by atoms with Crippen molar-refractivity contribution in [2.45, 2.75) is 11.8 Å². The highest BCUT2D eigenvalue weighted by atomic mass is 79.9. The third-order valence-electron chi connectivity index (χ3n) is 1.32. The molecule has 1 heterocycles. The van der Waals surface area contributed by atoms with Crippen molar-refractivity contribution in [3.05, 3.63) is 29.3 Å². The van der Waals surface area contributed by atoms with Crippen molar-refractivity contribution in [3.8, 4) is 0 Å². The summed E-state index contributed by atoms with van der Waals surface area (Å²) in [6, 6.07) is 0.800. The monoisotopic (exact) mass is 239 g/mol. The van der Waals surface area contributed by atoms with Crippen LogP contribution >= 0.6 is 15.9 Å². The van der Waals surface area contributed by atoms with Crippen LogP contribution in [0.1, 0.15) is 17.7 Å². The Bertz CT molecular complexity index is 277. The van der Waals surface area contributed by atoms with Gasteiger partial charge in [-0.25, -0.2) is 13.2 Å². The van der Waals surface area contributed by atoms with Crippen molar-refractivity contribution >= 4 is 15.9 Å². The second kappa shape index (κ2) is 3.89. The molecule has 0 saturated carbocycles. The molecule has 1 nitrogen and oxygen atoms in total. The van der Waals surface area contributed by atoms with Gasteiger partial charge in [0.05, 0.1) is 5.69 Å². The molecule has 5 heteroatoms. The van der Waals surface area contributed by atoms with E-state index in [9.17, 15) is 13.2 Å². The van der Waals surface area contributed by atoms with E-state index in [1.807, 2.05) is 0 Å². The van der Waals surface area contributed by atoms with E-state index in [0.717, 1.165) is 12.3 Å². The van der Waals surface area contributed by atoms with Gasteiger partial charge >= 0.3 is 0 Å². The van der Waals surface area contributed by atoms with Gasteiger partial charge < -0.3 is 0 Å². The fourth-order valence-corrected chi connectivity index (χ4v) is 1.11. The van der Waals surface area contributed by atoms with Crippen LogP contribution in [0.25, 0.3) is 0 Å². The first-order chi connectivity index (χ1) is 5.65. The average molecular weight is 240 g/mol. The van der Waals surface area contributed by atoms with Crippen molar-refractivity contribution in [1.82, 2.24) is 4.98 Å². The van der Waals surface area contributed by atoms with Gasteiger partial charge in [-0.15, -0.1) is 0 Å². The molecule has 0 atom stereocenters. The molecule has 0 fully saturated rings. The maximum atomic E-state index is 12.8. The lowest BCUT2D eigenvalue weighted by Gasteiger charge is -2.01. The van der Waals surface area contributed by atoms with Crippen molar-refractivity contribution in [1.29, 1.82) is 0 Å². The Hall–Kier alpha value is -0.580. The summed E-state index contributed by atoms with van der Waals surface area (Å²) in [5.74, 6) is -0.704. The summed E-state index contributed by atoms with van der Waals surface area (Å²) in [7, 11) is 0. The van der Waals surface area contributed by atoms with Crippen molar-refractivity contribution < 1.29 is 13.2 Å². The number of rotatable bonds is 2. The van der Waals surface area contributed by atoms with E-state index in [2.05, 4.69) is 20.9 Å².